The number of hydrogen-bond acceptors (Lipinski definition) is 7. The van der Waals surface area contributed by atoms with Crippen molar-refractivity contribution in [3.05, 3.63) is 35.9 Å². The Morgan fingerprint density at radius 3 is 2.33 bits per heavy atom. The molecule has 0 aromatic heterocycles. The number of benzene rings is 1. The molecule has 0 spiro atoms. The van der Waals surface area contributed by atoms with Gasteiger partial charge in [-0.15, -0.1) is 35.9 Å². The van der Waals surface area contributed by atoms with Gasteiger partial charge in [0.15, 0.2) is 0 Å². The van der Waals surface area contributed by atoms with Gasteiger partial charge in [0.1, 0.15) is 6.04 Å². The average Bonchev–Trinajstić information content (AvgIpc) is 3.47. The fourth-order valence-corrected chi connectivity index (χ4v) is 8.32. The summed E-state index contributed by atoms with van der Waals surface area (Å²) in [6, 6.07) is 9.89. The van der Waals surface area contributed by atoms with E-state index in [-0.39, 0.29) is 42.1 Å². The lowest BCUT2D eigenvalue weighted by Crippen LogP contribution is -2.53. The predicted molar refractivity (Wildman–Crippen MR) is 178 cm³/mol. The number of nitrogens with one attached hydrogen (secondary N) is 2. The number of carbonyl (C=O) groups is 4. The lowest BCUT2D eigenvalue weighted by atomic mass is 9.90. The molecule has 1 aliphatic carbocycles. The van der Waals surface area contributed by atoms with Crippen LogP contribution in [0, 0.1) is 11.3 Å². The minimum atomic E-state index is -0.806. The Labute approximate surface area is 272 Å². The SMILES string of the molecule is CC(C)(C)C(=O)C(=O)N1CSC[C@H]1C(=O)NC(CC(=O)NC1CCN(Cc2ccccc2)CC1)SCC1CCCCC1.Cl. The van der Waals surface area contributed by atoms with E-state index >= 15 is 0 Å². The molecule has 3 fully saturated rings. The third-order valence-electron chi connectivity index (χ3n) is 8.45. The first kappa shape index (κ1) is 35.7. The molecule has 2 atom stereocenters. The summed E-state index contributed by atoms with van der Waals surface area (Å²) in [6.45, 7) is 7.95. The smallest absolute Gasteiger partial charge is 0.291 e. The maximum absolute atomic E-state index is 13.5. The molecule has 2 heterocycles. The van der Waals surface area contributed by atoms with Gasteiger partial charge in [0.25, 0.3) is 5.91 Å². The van der Waals surface area contributed by atoms with Crippen LogP contribution in [0.25, 0.3) is 0 Å². The van der Waals surface area contributed by atoms with E-state index in [0.29, 0.717) is 17.5 Å². The van der Waals surface area contributed by atoms with Gasteiger partial charge in [-0.25, -0.2) is 0 Å². The van der Waals surface area contributed by atoms with Crippen molar-refractivity contribution in [3.63, 3.8) is 0 Å². The number of Topliss-reactive ketones (excluding diaryl/α,β-unsaturated/α-hetero) is 1. The summed E-state index contributed by atoms with van der Waals surface area (Å²) in [5, 5.41) is 5.95. The molecular weight excluding hydrogens is 604 g/mol. The van der Waals surface area contributed by atoms with Gasteiger partial charge in [-0.2, -0.15) is 0 Å². The Bertz CT molecular complexity index is 1070. The Morgan fingerprint density at radius 2 is 1.67 bits per heavy atom. The zero-order valence-corrected chi connectivity index (χ0v) is 28.3. The van der Waals surface area contributed by atoms with Gasteiger partial charge in [0.2, 0.25) is 17.6 Å². The molecule has 11 heteroatoms. The number of likely N-dealkylation sites (tertiary alicyclic amines) is 1. The van der Waals surface area contributed by atoms with Crippen LogP contribution in [0.3, 0.4) is 0 Å². The molecule has 8 nitrogen and oxygen atoms in total. The van der Waals surface area contributed by atoms with Gasteiger partial charge in [0.05, 0.1) is 17.7 Å². The molecule has 2 aliphatic heterocycles. The first-order valence-electron chi connectivity index (χ1n) is 15.5. The first-order chi connectivity index (χ1) is 20.1. The summed E-state index contributed by atoms with van der Waals surface area (Å²) in [4.78, 5) is 56.2. The Morgan fingerprint density at radius 1 is 1.00 bits per heavy atom. The molecule has 1 aromatic carbocycles. The van der Waals surface area contributed by atoms with Crippen LogP contribution in [0.2, 0.25) is 0 Å². The molecule has 0 radical (unpaired) electrons. The van der Waals surface area contributed by atoms with Crippen LogP contribution in [0.4, 0.5) is 0 Å². The summed E-state index contributed by atoms with van der Waals surface area (Å²) in [6.07, 6.45) is 8.15. The lowest BCUT2D eigenvalue weighted by molar-refractivity contribution is -0.150. The summed E-state index contributed by atoms with van der Waals surface area (Å²) < 4.78 is 0. The Kier molecular flexibility index (Phi) is 14.2. The highest BCUT2D eigenvalue weighted by molar-refractivity contribution is 8.00. The van der Waals surface area contributed by atoms with E-state index < -0.39 is 23.1 Å². The normalized spacial score (nSPS) is 21.1. The van der Waals surface area contributed by atoms with Crippen molar-refractivity contribution < 1.29 is 19.2 Å². The highest BCUT2D eigenvalue weighted by Crippen LogP contribution is 2.30. The van der Waals surface area contributed by atoms with Crippen LogP contribution < -0.4 is 10.6 Å². The molecule has 43 heavy (non-hydrogen) atoms. The summed E-state index contributed by atoms with van der Waals surface area (Å²) in [5.74, 6) is 0.860. The van der Waals surface area contributed by atoms with Gasteiger partial charge in [-0.05, 0) is 42.9 Å². The highest BCUT2D eigenvalue weighted by Gasteiger charge is 2.41. The van der Waals surface area contributed by atoms with E-state index in [1.165, 1.54) is 54.3 Å². The van der Waals surface area contributed by atoms with Crippen molar-refractivity contribution in [2.24, 2.45) is 11.3 Å². The number of piperidine rings is 1. The molecule has 1 unspecified atom stereocenters. The molecule has 1 aromatic rings. The Hall–Kier alpha value is -1.75. The average molecular weight is 653 g/mol. The monoisotopic (exact) mass is 652 g/mol. The largest absolute Gasteiger partial charge is 0.353 e. The van der Waals surface area contributed by atoms with E-state index in [1.54, 1.807) is 32.5 Å². The Balaban J connectivity index is 0.00000506. The number of carbonyl (C=O) groups excluding carboxylic acids is 4. The molecule has 4 rings (SSSR count). The molecular formula is C32H49ClN4O4S2. The van der Waals surface area contributed by atoms with E-state index in [0.717, 1.165) is 38.2 Å². The van der Waals surface area contributed by atoms with Crippen molar-refractivity contribution in [3.8, 4) is 0 Å². The second kappa shape index (κ2) is 17.1. The predicted octanol–water partition coefficient (Wildman–Crippen LogP) is 4.85. The van der Waals surface area contributed by atoms with Gasteiger partial charge in [-0.3, -0.25) is 24.1 Å². The van der Waals surface area contributed by atoms with Crippen molar-refractivity contribution in [1.82, 2.24) is 20.4 Å². The zero-order chi connectivity index (χ0) is 30.1. The van der Waals surface area contributed by atoms with Gasteiger partial charge < -0.3 is 15.5 Å². The molecule has 240 valence electrons. The molecule has 2 saturated heterocycles. The fourth-order valence-electron chi connectivity index (χ4n) is 5.86. The van der Waals surface area contributed by atoms with Crippen LogP contribution in [0.1, 0.15) is 77.7 Å². The van der Waals surface area contributed by atoms with E-state index in [1.807, 2.05) is 6.07 Å². The van der Waals surface area contributed by atoms with E-state index in [2.05, 4.69) is 39.8 Å². The van der Waals surface area contributed by atoms with Crippen molar-refractivity contribution in [1.29, 1.82) is 0 Å². The maximum atomic E-state index is 13.5. The quantitative estimate of drug-likeness (QED) is 0.261. The standard InChI is InChI=1S/C32H48N4O4S2.ClH/c1-32(2,3)29(38)31(40)36-22-41-21-26(36)30(39)34-28(42-20-24-12-8-5-9-13-24)18-27(37)33-25-14-16-35(17-15-25)19-23-10-6-4-7-11-23;/h4,6-7,10-11,24-26,28H,5,8-9,12-22H2,1-3H3,(H,33,37)(H,34,39);1H/t26-,28?;/m0./s1. The summed E-state index contributed by atoms with van der Waals surface area (Å²) >= 11 is 3.13. The topological polar surface area (TPSA) is 98.8 Å². The number of ketones is 1. The first-order valence-corrected chi connectivity index (χ1v) is 17.7. The number of nitrogens with zero attached hydrogens (tertiary/aromatic N) is 2. The molecule has 0 bridgehead atoms. The van der Waals surface area contributed by atoms with E-state index in [4.69, 9.17) is 0 Å². The van der Waals surface area contributed by atoms with Gasteiger partial charge >= 0.3 is 0 Å². The number of halogens is 1. The van der Waals surface area contributed by atoms with Crippen molar-refractivity contribution >= 4 is 59.4 Å². The van der Waals surface area contributed by atoms with Crippen LogP contribution in [0.15, 0.2) is 30.3 Å². The third kappa shape index (κ3) is 11.0. The number of rotatable bonds is 11. The summed E-state index contributed by atoms with van der Waals surface area (Å²) in [7, 11) is 0. The molecule has 3 aliphatic rings. The molecule has 1 saturated carbocycles. The molecule has 3 amide bonds. The number of amides is 3. The minimum Gasteiger partial charge on any atom is -0.353 e. The van der Waals surface area contributed by atoms with Crippen LogP contribution >= 0.6 is 35.9 Å². The van der Waals surface area contributed by atoms with Crippen LogP contribution in [-0.2, 0) is 25.7 Å². The van der Waals surface area contributed by atoms with Crippen LogP contribution in [0.5, 0.6) is 0 Å². The zero-order valence-electron chi connectivity index (χ0n) is 25.8. The summed E-state index contributed by atoms with van der Waals surface area (Å²) in [5.41, 5.74) is 0.497. The second-order valence-corrected chi connectivity index (χ2v) is 15.2. The van der Waals surface area contributed by atoms with Gasteiger partial charge in [0, 0.05) is 36.8 Å². The third-order valence-corrected chi connectivity index (χ3v) is 10.8. The molecule has 2 N–H and O–H groups in total. The number of thioether (sulfide) groups is 2. The highest BCUT2D eigenvalue weighted by atomic mass is 35.5. The van der Waals surface area contributed by atoms with Gasteiger partial charge in [-0.1, -0.05) is 70.4 Å². The van der Waals surface area contributed by atoms with E-state index in [9.17, 15) is 19.2 Å². The van der Waals surface area contributed by atoms with Crippen LogP contribution in [-0.4, -0.2) is 81.2 Å². The number of hydrogen-bond donors (Lipinski definition) is 2. The fraction of sp³-hybridized carbons (Fsp3) is 0.688. The lowest BCUT2D eigenvalue weighted by Gasteiger charge is -2.33. The second-order valence-electron chi connectivity index (χ2n) is 13.0. The van der Waals surface area contributed by atoms with Crippen molar-refractivity contribution in [2.75, 3.05) is 30.5 Å². The van der Waals surface area contributed by atoms with Crippen molar-refractivity contribution in [2.45, 2.75) is 96.1 Å². The maximum Gasteiger partial charge on any atom is 0.291 e. The minimum absolute atomic E-state index is 0.